The molecular weight excluding hydrogens is 261 g/mol. The van der Waals surface area contributed by atoms with Crippen LogP contribution in [0.25, 0.3) is 0 Å². The van der Waals surface area contributed by atoms with Crippen molar-refractivity contribution in [2.24, 2.45) is 0 Å². The fourth-order valence-electron chi connectivity index (χ4n) is 0.933. The van der Waals surface area contributed by atoms with Gasteiger partial charge in [-0.15, -0.1) is 0 Å². The first kappa shape index (κ1) is 9.84. The molecule has 1 N–H and O–H groups in total. The molecule has 0 heterocycles. The zero-order valence-electron chi connectivity index (χ0n) is 7.47. The SMILES string of the molecule is CCC(C)Nc1ccc(I)cc1. The number of benzene rings is 1. The first-order valence-electron chi connectivity index (χ1n) is 4.24. The van der Waals surface area contributed by atoms with Gasteiger partial charge in [-0.25, -0.2) is 0 Å². The Morgan fingerprint density at radius 1 is 1.33 bits per heavy atom. The molecule has 0 saturated carbocycles. The van der Waals surface area contributed by atoms with Gasteiger partial charge in [0.15, 0.2) is 0 Å². The second kappa shape index (κ2) is 4.70. The summed E-state index contributed by atoms with van der Waals surface area (Å²) >= 11 is 2.31. The van der Waals surface area contributed by atoms with Crippen molar-refractivity contribution in [1.82, 2.24) is 0 Å². The lowest BCUT2D eigenvalue weighted by molar-refractivity contribution is 0.764. The lowest BCUT2D eigenvalue weighted by Crippen LogP contribution is -2.12. The predicted molar refractivity (Wildman–Crippen MR) is 62.5 cm³/mol. The summed E-state index contributed by atoms with van der Waals surface area (Å²) in [5, 5.41) is 3.42. The van der Waals surface area contributed by atoms with Crippen LogP contribution in [0.4, 0.5) is 5.69 Å². The Hall–Kier alpha value is -0.250. The molecule has 0 aliphatic rings. The standard InChI is InChI=1S/C10H14IN/c1-3-8(2)12-10-6-4-9(11)5-7-10/h4-8,12H,3H2,1-2H3. The topological polar surface area (TPSA) is 12.0 Å². The molecule has 12 heavy (non-hydrogen) atoms. The molecule has 1 unspecified atom stereocenters. The minimum absolute atomic E-state index is 0.560. The van der Waals surface area contributed by atoms with Crippen molar-refractivity contribution in [3.63, 3.8) is 0 Å². The van der Waals surface area contributed by atoms with E-state index in [2.05, 4.69) is 66.0 Å². The number of hydrogen-bond acceptors (Lipinski definition) is 1. The minimum Gasteiger partial charge on any atom is -0.383 e. The van der Waals surface area contributed by atoms with Gasteiger partial charge in [0.1, 0.15) is 0 Å². The van der Waals surface area contributed by atoms with Crippen molar-refractivity contribution < 1.29 is 0 Å². The van der Waals surface area contributed by atoms with E-state index in [1.54, 1.807) is 0 Å². The Morgan fingerprint density at radius 3 is 2.42 bits per heavy atom. The van der Waals surface area contributed by atoms with Gasteiger partial charge in [-0.3, -0.25) is 0 Å². The number of halogens is 1. The van der Waals surface area contributed by atoms with Crippen LogP contribution in [0.5, 0.6) is 0 Å². The van der Waals surface area contributed by atoms with Gasteiger partial charge in [-0.1, -0.05) is 6.92 Å². The van der Waals surface area contributed by atoms with Crippen molar-refractivity contribution in [2.75, 3.05) is 5.32 Å². The quantitative estimate of drug-likeness (QED) is 0.832. The van der Waals surface area contributed by atoms with E-state index in [4.69, 9.17) is 0 Å². The van der Waals surface area contributed by atoms with Gasteiger partial charge in [0.25, 0.3) is 0 Å². The monoisotopic (exact) mass is 275 g/mol. The predicted octanol–water partition coefficient (Wildman–Crippen LogP) is 3.50. The van der Waals surface area contributed by atoms with E-state index in [0.717, 1.165) is 6.42 Å². The molecule has 66 valence electrons. The van der Waals surface area contributed by atoms with Gasteiger partial charge >= 0.3 is 0 Å². The second-order valence-corrected chi connectivity index (χ2v) is 4.21. The maximum atomic E-state index is 3.42. The van der Waals surface area contributed by atoms with Gasteiger partial charge in [0, 0.05) is 15.3 Å². The molecule has 1 aromatic carbocycles. The molecule has 1 atom stereocenters. The number of rotatable bonds is 3. The summed E-state index contributed by atoms with van der Waals surface area (Å²) in [7, 11) is 0. The third-order valence-corrected chi connectivity index (χ3v) is 2.59. The smallest absolute Gasteiger partial charge is 0.0342 e. The fourth-order valence-corrected chi connectivity index (χ4v) is 1.29. The van der Waals surface area contributed by atoms with Crippen molar-refractivity contribution in [3.8, 4) is 0 Å². The van der Waals surface area contributed by atoms with E-state index in [0.29, 0.717) is 6.04 Å². The molecule has 1 rings (SSSR count). The second-order valence-electron chi connectivity index (χ2n) is 2.96. The summed E-state index contributed by atoms with van der Waals surface area (Å²) in [4.78, 5) is 0. The summed E-state index contributed by atoms with van der Waals surface area (Å²) in [6.45, 7) is 4.38. The van der Waals surface area contributed by atoms with E-state index < -0.39 is 0 Å². The largest absolute Gasteiger partial charge is 0.383 e. The third-order valence-electron chi connectivity index (χ3n) is 1.87. The lowest BCUT2D eigenvalue weighted by atomic mass is 10.2. The highest BCUT2D eigenvalue weighted by molar-refractivity contribution is 14.1. The molecule has 0 saturated heterocycles. The van der Waals surface area contributed by atoms with E-state index in [1.165, 1.54) is 9.26 Å². The van der Waals surface area contributed by atoms with E-state index >= 15 is 0 Å². The minimum atomic E-state index is 0.560. The van der Waals surface area contributed by atoms with Crippen LogP contribution in [0.2, 0.25) is 0 Å². The fraction of sp³-hybridized carbons (Fsp3) is 0.400. The van der Waals surface area contributed by atoms with Crippen LogP contribution >= 0.6 is 22.6 Å². The van der Waals surface area contributed by atoms with Gasteiger partial charge in [-0.05, 0) is 60.2 Å². The molecule has 0 aromatic heterocycles. The normalized spacial score (nSPS) is 12.6. The van der Waals surface area contributed by atoms with E-state index in [1.807, 2.05) is 0 Å². The summed E-state index contributed by atoms with van der Waals surface area (Å²) in [5.74, 6) is 0. The Labute approximate surface area is 87.7 Å². The zero-order valence-corrected chi connectivity index (χ0v) is 9.63. The third kappa shape index (κ3) is 3.01. The van der Waals surface area contributed by atoms with E-state index in [9.17, 15) is 0 Å². The molecule has 0 radical (unpaired) electrons. The summed E-state index contributed by atoms with van der Waals surface area (Å²) < 4.78 is 1.28. The highest BCUT2D eigenvalue weighted by atomic mass is 127. The van der Waals surface area contributed by atoms with Crippen LogP contribution in [-0.4, -0.2) is 6.04 Å². The van der Waals surface area contributed by atoms with Gasteiger partial charge in [0.2, 0.25) is 0 Å². The summed E-state index contributed by atoms with van der Waals surface area (Å²) in [6.07, 6.45) is 1.16. The van der Waals surface area contributed by atoms with Crippen LogP contribution in [0.3, 0.4) is 0 Å². The van der Waals surface area contributed by atoms with Crippen LogP contribution in [-0.2, 0) is 0 Å². The van der Waals surface area contributed by atoms with Gasteiger partial charge < -0.3 is 5.32 Å². The van der Waals surface area contributed by atoms with Crippen LogP contribution in [0.1, 0.15) is 20.3 Å². The average Bonchev–Trinajstić information content (AvgIpc) is 2.09. The lowest BCUT2D eigenvalue weighted by Gasteiger charge is -2.12. The van der Waals surface area contributed by atoms with Crippen LogP contribution in [0.15, 0.2) is 24.3 Å². The maximum absolute atomic E-state index is 3.42. The van der Waals surface area contributed by atoms with Gasteiger partial charge in [0.05, 0.1) is 0 Å². The zero-order chi connectivity index (χ0) is 8.97. The molecule has 1 aromatic rings. The molecule has 0 aliphatic carbocycles. The van der Waals surface area contributed by atoms with Crippen molar-refractivity contribution >= 4 is 28.3 Å². The highest BCUT2D eigenvalue weighted by Crippen LogP contribution is 2.12. The van der Waals surface area contributed by atoms with Crippen molar-refractivity contribution in [2.45, 2.75) is 26.3 Å². The summed E-state index contributed by atoms with van der Waals surface area (Å²) in [6, 6.07) is 9.03. The molecule has 1 nitrogen and oxygen atoms in total. The molecule has 0 fully saturated rings. The van der Waals surface area contributed by atoms with Crippen molar-refractivity contribution in [1.29, 1.82) is 0 Å². The maximum Gasteiger partial charge on any atom is 0.0342 e. The van der Waals surface area contributed by atoms with Crippen molar-refractivity contribution in [3.05, 3.63) is 27.8 Å². The molecule has 0 aliphatic heterocycles. The Morgan fingerprint density at radius 2 is 1.92 bits per heavy atom. The Bertz CT molecular complexity index is 230. The molecule has 0 spiro atoms. The average molecular weight is 275 g/mol. The molecule has 0 amide bonds. The molecule has 0 bridgehead atoms. The first-order valence-corrected chi connectivity index (χ1v) is 5.32. The van der Waals surface area contributed by atoms with Crippen LogP contribution < -0.4 is 5.32 Å². The Kier molecular flexibility index (Phi) is 3.85. The van der Waals surface area contributed by atoms with E-state index in [-0.39, 0.29) is 0 Å². The Balaban J connectivity index is 2.58. The molecular formula is C10H14IN. The number of nitrogens with one attached hydrogen (secondary N) is 1. The molecule has 2 heteroatoms. The highest BCUT2D eigenvalue weighted by Gasteiger charge is 1.97. The van der Waals surface area contributed by atoms with Gasteiger partial charge in [-0.2, -0.15) is 0 Å². The van der Waals surface area contributed by atoms with Crippen LogP contribution in [0, 0.1) is 3.57 Å². The number of anilines is 1. The number of hydrogen-bond donors (Lipinski definition) is 1. The summed E-state index contributed by atoms with van der Waals surface area (Å²) in [5.41, 5.74) is 1.21. The first-order chi connectivity index (χ1) is 5.72.